The van der Waals surface area contributed by atoms with E-state index in [1.807, 2.05) is 6.07 Å². The van der Waals surface area contributed by atoms with E-state index in [9.17, 15) is 13.6 Å². The van der Waals surface area contributed by atoms with Crippen molar-refractivity contribution in [1.82, 2.24) is 0 Å². The van der Waals surface area contributed by atoms with Crippen molar-refractivity contribution >= 4 is 17.3 Å². The van der Waals surface area contributed by atoms with E-state index in [0.717, 1.165) is 18.3 Å². The van der Waals surface area contributed by atoms with Gasteiger partial charge in [-0.2, -0.15) is 10.5 Å². The zero-order valence-electron chi connectivity index (χ0n) is 12.2. The van der Waals surface area contributed by atoms with Crippen LogP contribution in [0.3, 0.4) is 0 Å². The summed E-state index contributed by atoms with van der Waals surface area (Å²) in [4.78, 5) is 12.1. The minimum Gasteiger partial charge on any atom is -0.358 e. The normalized spacial score (nSPS) is 10.4. The number of carbonyl (C=O) groups is 1. The second-order valence-electron chi connectivity index (χ2n) is 4.55. The first-order valence-corrected chi connectivity index (χ1v) is 6.67. The van der Waals surface area contributed by atoms with Gasteiger partial charge >= 0.3 is 0 Å². The summed E-state index contributed by atoms with van der Waals surface area (Å²) in [5.41, 5.74) is 0.0561. The molecule has 0 heterocycles. The Morgan fingerprint density at radius 3 is 2.50 bits per heavy atom. The Labute approximate surface area is 136 Å². The molecule has 0 aliphatic heterocycles. The van der Waals surface area contributed by atoms with Crippen LogP contribution in [0.25, 0.3) is 0 Å². The maximum atomic E-state index is 13.5. The minimum absolute atomic E-state index is 0.0885. The molecule has 0 saturated carbocycles. The first kappa shape index (κ1) is 16.7. The molecule has 118 valence electrons. The predicted octanol–water partition coefficient (Wildman–Crippen LogP) is 3.29. The van der Waals surface area contributed by atoms with Gasteiger partial charge in [0, 0.05) is 12.3 Å². The molecule has 0 saturated heterocycles. The minimum atomic E-state index is -0.862. The van der Waals surface area contributed by atoms with E-state index in [2.05, 4.69) is 10.6 Å². The van der Waals surface area contributed by atoms with Gasteiger partial charge in [-0.05, 0) is 24.3 Å². The van der Waals surface area contributed by atoms with Crippen LogP contribution in [0.1, 0.15) is 5.56 Å². The van der Waals surface area contributed by atoms with Crippen LogP contribution in [0.5, 0.6) is 0 Å². The smallest absolute Gasteiger partial charge is 0.267 e. The lowest BCUT2D eigenvalue weighted by atomic mass is 10.2. The Kier molecular flexibility index (Phi) is 5.22. The lowest BCUT2D eigenvalue weighted by molar-refractivity contribution is -0.112. The van der Waals surface area contributed by atoms with Gasteiger partial charge in [0.05, 0.1) is 16.9 Å². The van der Waals surface area contributed by atoms with Gasteiger partial charge in [0.2, 0.25) is 0 Å². The molecule has 2 rings (SSSR count). The average molecular weight is 324 g/mol. The van der Waals surface area contributed by atoms with Crippen LogP contribution >= 0.6 is 0 Å². The van der Waals surface area contributed by atoms with Gasteiger partial charge in [0.25, 0.3) is 5.91 Å². The van der Waals surface area contributed by atoms with E-state index in [0.29, 0.717) is 6.07 Å². The Morgan fingerprint density at radius 2 is 1.83 bits per heavy atom. The fraction of sp³-hybridized carbons (Fsp3) is 0. The largest absolute Gasteiger partial charge is 0.358 e. The van der Waals surface area contributed by atoms with Gasteiger partial charge in [-0.1, -0.05) is 12.1 Å². The lowest BCUT2D eigenvalue weighted by Crippen LogP contribution is -2.15. The van der Waals surface area contributed by atoms with Crippen LogP contribution in [-0.2, 0) is 4.79 Å². The Balaban J connectivity index is 2.17. The number of anilines is 2. The number of nitriles is 2. The number of hydrogen-bond donors (Lipinski definition) is 2. The monoisotopic (exact) mass is 324 g/mol. The summed E-state index contributed by atoms with van der Waals surface area (Å²) >= 11 is 0. The van der Waals surface area contributed by atoms with Crippen LogP contribution in [0.2, 0.25) is 0 Å². The topological polar surface area (TPSA) is 88.7 Å². The Bertz CT molecular complexity index is 894. The third-order valence-electron chi connectivity index (χ3n) is 2.96. The summed E-state index contributed by atoms with van der Waals surface area (Å²) in [7, 11) is 0. The Hall–Kier alpha value is -3.71. The molecule has 0 spiro atoms. The average Bonchev–Trinajstić information content (AvgIpc) is 2.57. The summed E-state index contributed by atoms with van der Waals surface area (Å²) in [5.74, 6) is -2.37. The van der Waals surface area contributed by atoms with E-state index in [-0.39, 0.29) is 22.5 Å². The molecule has 0 bridgehead atoms. The molecule has 2 N–H and O–H groups in total. The molecule has 5 nitrogen and oxygen atoms in total. The van der Waals surface area contributed by atoms with Crippen LogP contribution in [0, 0.1) is 34.3 Å². The number of nitrogens with one attached hydrogen (secondary N) is 2. The molecule has 2 aromatic rings. The van der Waals surface area contributed by atoms with Crippen molar-refractivity contribution < 1.29 is 13.6 Å². The van der Waals surface area contributed by atoms with Crippen LogP contribution in [0.15, 0.2) is 54.2 Å². The first-order chi connectivity index (χ1) is 11.5. The number of amides is 1. The molecule has 0 radical (unpaired) electrons. The molecule has 0 unspecified atom stereocenters. The first-order valence-electron chi connectivity index (χ1n) is 6.67. The van der Waals surface area contributed by atoms with Crippen molar-refractivity contribution in [2.24, 2.45) is 0 Å². The molecular weight excluding hydrogens is 314 g/mol. The van der Waals surface area contributed by atoms with Crippen molar-refractivity contribution in [2.45, 2.75) is 0 Å². The van der Waals surface area contributed by atoms with Crippen molar-refractivity contribution in [3.8, 4) is 12.1 Å². The number of carbonyl (C=O) groups excluding carboxylic acids is 1. The number of para-hydroxylation sites is 1. The van der Waals surface area contributed by atoms with Crippen molar-refractivity contribution in [2.75, 3.05) is 10.6 Å². The van der Waals surface area contributed by atoms with Crippen molar-refractivity contribution in [3.63, 3.8) is 0 Å². The predicted molar refractivity (Wildman–Crippen MR) is 83.5 cm³/mol. The number of rotatable bonds is 4. The fourth-order valence-electron chi connectivity index (χ4n) is 1.78. The Morgan fingerprint density at radius 1 is 1.08 bits per heavy atom. The highest BCUT2D eigenvalue weighted by Crippen LogP contribution is 2.17. The van der Waals surface area contributed by atoms with Crippen molar-refractivity contribution in [1.29, 1.82) is 10.5 Å². The maximum Gasteiger partial charge on any atom is 0.267 e. The van der Waals surface area contributed by atoms with Crippen LogP contribution in [0.4, 0.5) is 20.2 Å². The highest BCUT2D eigenvalue weighted by atomic mass is 19.1. The summed E-state index contributed by atoms with van der Waals surface area (Å²) in [6, 6.07) is 12.7. The standard InChI is InChI=1S/C17H10F2N4O/c18-13-5-6-16(14(19)7-13)22-10-12(9-21)17(24)23-15-4-2-1-3-11(15)8-20/h1-7,10,22H,(H,23,24)/b12-10-. The maximum absolute atomic E-state index is 13.5. The molecule has 1 amide bonds. The van der Waals surface area contributed by atoms with Gasteiger partial charge < -0.3 is 10.6 Å². The molecule has 7 heteroatoms. The van der Waals surface area contributed by atoms with Gasteiger partial charge in [0.15, 0.2) is 0 Å². The van der Waals surface area contributed by atoms with Crippen LogP contribution in [-0.4, -0.2) is 5.91 Å². The number of halogens is 2. The molecule has 0 aromatic heterocycles. The van der Waals surface area contributed by atoms with Crippen molar-refractivity contribution in [3.05, 3.63) is 71.4 Å². The van der Waals surface area contributed by atoms with Gasteiger partial charge in [-0.25, -0.2) is 8.78 Å². The van der Waals surface area contributed by atoms with Gasteiger partial charge in [-0.3, -0.25) is 4.79 Å². The third-order valence-corrected chi connectivity index (χ3v) is 2.96. The summed E-state index contributed by atoms with van der Waals surface area (Å²) in [6.07, 6.45) is 1.00. The number of hydrogen-bond acceptors (Lipinski definition) is 4. The second-order valence-corrected chi connectivity index (χ2v) is 4.55. The fourth-order valence-corrected chi connectivity index (χ4v) is 1.78. The summed E-state index contributed by atoms with van der Waals surface area (Å²) < 4.78 is 26.3. The molecule has 0 fully saturated rings. The molecule has 0 aliphatic rings. The highest BCUT2D eigenvalue weighted by molar-refractivity contribution is 6.07. The molecule has 0 atom stereocenters. The van der Waals surface area contributed by atoms with E-state index < -0.39 is 17.5 Å². The summed E-state index contributed by atoms with van der Waals surface area (Å²) in [6.45, 7) is 0. The van der Waals surface area contributed by atoms with E-state index in [1.165, 1.54) is 12.1 Å². The highest BCUT2D eigenvalue weighted by Gasteiger charge is 2.12. The van der Waals surface area contributed by atoms with E-state index in [1.54, 1.807) is 18.2 Å². The molecule has 0 aliphatic carbocycles. The number of nitrogens with zero attached hydrogens (tertiary/aromatic N) is 2. The SMILES string of the molecule is N#C/C(=C/Nc1ccc(F)cc1F)C(=O)Nc1ccccc1C#N. The van der Waals surface area contributed by atoms with E-state index in [4.69, 9.17) is 10.5 Å². The zero-order chi connectivity index (χ0) is 17.5. The second kappa shape index (κ2) is 7.52. The molecular formula is C17H10F2N4O. The van der Waals surface area contributed by atoms with Crippen LogP contribution < -0.4 is 10.6 Å². The van der Waals surface area contributed by atoms with Gasteiger partial charge in [-0.15, -0.1) is 0 Å². The van der Waals surface area contributed by atoms with E-state index >= 15 is 0 Å². The summed E-state index contributed by atoms with van der Waals surface area (Å²) in [5, 5.41) is 22.9. The van der Waals surface area contributed by atoms with Gasteiger partial charge in [0.1, 0.15) is 29.3 Å². The number of benzene rings is 2. The molecule has 2 aromatic carbocycles. The third kappa shape index (κ3) is 3.93. The lowest BCUT2D eigenvalue weighted by Gasteiger charge is -2.07. The zero-order valence-corrected chi connectivity index (χ0v) is 12.2. The molecule has 24 heavy (non-hydrogen) atoms. The quantitative estimate of drug-likeness (QED) is 0.667.